The van der Waals surface area contributed by atoms with Gasteiger partial charge in [0.2, 0.25) is 5.71 Å². The van der Waals surface area contributed by atoms with Crippen LogP contribution in [0.5, 0.6) is 0 Å². The Labute approximate surface area is 181 Å². The molecule has 0 saturated carbocycles. The van der Waals surface area contributed by atoms with Crippen molar-refractivity contribution in [2.24, 2.45) is 0 Å². The molecule has 0 aromatic carbocycles. The highest BCUT2D eigenvalue weighted by atomic mass is 32.1. The molecule has 0 bridgehead atoms. The third-order valence-electron chi connectivity index (χ3n) is 4.53. The number of carbonyl (C=O) groups excluding carboxylic acids is 3. The first-order valence-electron chi connectivity index (χ1n) is 9.60. The van der Waals surface area contributed by atoms with Gasteiger partial charge in [-0.05, 0) is 38.8 Å². The summed E-state index contributed by atoms with van der Waals surface area (Å²) in [6, 6.07) is 1.76. The maximum absolute atomic E-state index is 12.8. The summed E-state index contributed by atoms with van der Waals surface area (Å²) in [4.78, 5) is 55.1. The predicted molar refractivity (Wildman–Crippen MR) is 113 cm³/mol. The highest BCUT2D eigenvalue weighted by Gasteiger charge is 2.24. The first-order valence-corrected chi connectivity index (χ1v) is 10.4. The number of aryl methyl sites for hydroxylation is 3. The van der Waals surface area contributed by atoms with Crippen molar-refractivity contribution in [1.29, 1.82) is 0 Å². The Morgan fingerprint density at radius 3 is 2.61 bits per heavy atom. The predicted octanol–water partition coefficient (Wildman–Crippen LogP) is 1.87. The lowest BCUT2D eigenvalue weighted by Crippen LogP contribution is -2.44. The number of nitrogens with one attached hydrogen (secondary N) is 2. The van der Waals surface area contributed by atoms with E-state index in [-0.39, 0.29) is 29.0 Å². The van der Waals surface area contributed by atoms with E-state index in [4.69, 9.17) is 9.15 Å². The van der Waals surface area contributed by atoms with E-state index in [1.807, 2.05) is 13.8 Å². The molecule has 0 atom stereocenters. The minimum Gasteiger partial charge on any atom is -0.462 e. The molecule has 11 heteroatoms. The maximum atomic E-state index is 12.8. The van der Waals surface area contributed by atoms with E-state index in [9.17, 15) is 19.2 Å². The molecular formula is C20H22N4O6S. The lowest BCUT2D eigenvalue weighted by molar-refractivity contribution is -0.122. The zero-order chi connectivity index (χ0) is 22.7. The molecule has 2 amide bonds. The second-order valence-corrected chi connectivity index (χ2v) is 7.82. The van der Waals surface area contributed by atoms with Gasteiger partial charge >= 0.3 is 5.97 Å². The molecule has 0 fully saturated rings. The van der Waals surface area contributed by atoms with Crippen molar-refractivity contribution in [2.45, 2.75) is 40.7 Å². The molecule has 2 N–H and O–H groups in total. The molecule has 0 spiro atoms. The van der Waals surface area contributed by atoms with E-state index in [0.717, 1.165) is 27.8 Å². The molecule has 3 aromatic heterocycles. The van der Waals surface area contributed by atoms with Gasteiger partial charge in [-0.15, -0.1) is 11.3 Å². The molecule has 164 valence electrons. The van der Waals surface area contributed by atoms with Gasteiger partial charge < -0.3 is 9.15 Å². The van der Waals surface area contributed by atoms with E-state index >= 15 is 0 Å². The quantitative estimate of drug-likeness (QED) is 0.436. The molecule has 0 aliphatic carbocycles. The lowest BCUT2D eigenvalue weighted by atomic mass is 10.2. The summed E-state index contributed by atoms with van der Waals surface area (Å²) in [6.07, 6.45) is 1.95. The summed E-state index contributed by atoms with van der Waals surface area (Å²) < 4.78 is 11.4. The number of hydrogen-bond acceptors (Lipinski definition) is 8. The number of ether oxygens (including phenoxy) is 1. The van der Waals surface area contributed by atoms with Crippen molar-refractivity contribution < 1.29 is 23.5 Å². The van der Waals surface area contributed by atoms with Crippen LogP contribution in [-0.4, -0.2) is 33.9 Å². The Morgan fingerprint density at radius 1 is 1.23 bits per heavy atom. The van der Waals surface area contributed by atoms with Gasteiger partial charge in [0.15, 0.2) is 0 Å². The van der Waals surface area contributed by atoms with E-state index < -0.39 is 29.9 Å². The van der Waals surface area contributed by atoms with E-state index in [0.29, 0.717) is 4.88 Å². The third-order valence-corrected chi connectivity index (χ3v) is 5.91. The monoisotopic (exact) mass is 446 g/mol. The molecule has 10 nitrogen and oxygen atoms in total. The molecule has 0 aliphatic rings. The summed E-state index contributed by atoms with van der Waals surface area (Å²) in [5, 5.41) is -0.0589. The standard InChI is InChI=1S/C20H22N4O6S/c1-5-12-10(3)7-13(31-12)17(26)23-22-14(25)8-24-9-21-18-16(19(24)27)15(11(4)30-18)20(28)29-6-2/h7,9H,5-6,8H2,1-4H3,(H,22,25)(H,23,26). The number of hydrazine groups is 1. The van der Waals surface area contributed by atoms with Crippen LogP contribution in [-0.2, 0) is 22.5 Å². The van der Waals surface area contributed by atoms with Gasteiger partial charge in [0.05, 0.1) is 11.5 Å². The molecule has 0 radical (unpaired) electrons. The first-order chi connectivity index (χ1) is 14.8. The van der Waals surface area contributed by atoms with Gasteiger partial charge in [-0.3, -0.25) is 29.8 Å². The van der Waals surface area contributed by atoms with Crippen molar-refractivity contribution in [1.82, 2.24) is 20.4 Å². The fourth-order valence-electron chi connectivity index (χ4n) is 3.06. The zero-order valence-corrected chi connectivity index (χ0v) is 18.3. The summed E-state index contributed by atoms with van der Waals surface area (Å²) in [7, 11) is 0. The van der Waals surface area contributed by atoms with Gasteiger partial charge in [-0.1, -0.05) is 6.92 Å². The molecule has 3 aromatic rings. The Kier molecular flexibility index (Phi) is 6.54. The van der Waals surface area contributed by atoms with E-state index in [1.54, 1.807) is 13.0 Å². The van der Waals surface area contributed by atoms with Crippen LogP contribution >= 0.6 is 11.3 Å². The molecule has 0 aliphatic heterocycles. The summed E-state index contributed by atoms with van der Waals surface area (Å²) in [5.41, 5.74) is 4.96. The molecule has 0 saturated heterocycles. The average molecular weight is 446 g/mol. The highest BCUT2D eigenvalue weighted by molar-refractivity contribution is 7.14. The Hall–Kier alpha value is -3.47. The number of nitrogens with zero attached hydrogens (tertiary/aromatic N) is 2. The third kappa shape index (κ3) is 4.50. The van der Waals surface area contributed by atoms with Crippen LogP contribution in [0.4, 0.5) is 0 Å². The number of furan rings is 1. The Bertz CT molecular complexity index is 1220. The fourth-order valence-corrected chi connectivity index (χ4v) is 4.07. The molecule has 3 rings (SSSR count). The van der Waals surface area contributed by atoms with Crippen molar-refractivity contribution in [3.8, 4) is 0 Å². The van der Waals surface area contributed by atoms with Crippen LogP contribution in [0.2, 0.25) is 0 Å². The topological polar surface area (TPSA) is 133 Å². The molecule has 0 unspecified atom stereocenters. The number of rotatable bonds is 6. The largest absolute Gasteiger partial charge is 0.462 e. The van der Waals surface area contributed by atoms with Crippen LogP contribution in [0.3, 0.4) is 0 Å². The normalized spacial score (nSPS) is 10.8. The SMILES string of the molecule is CCOC(=O)c1c(C)oc2ncn(CC(=O)NNC(=O)c3cc(C)c(CC)s3)c(=O)c12. The number of thiophene rings is 1. The smallest absolute Gasteiger partial charge is 0.342 e. The summed E-state index contributed by atoms with van der Waals surface area (Å²) in [6.45, 7) is 6.80. The van der Waals surface area contributed by atoms with Crippen LogP contribution in [0.25, 0.3) is 11.1 Å². The number of carbonyl (C=O) groups is 3. The molecule has 3 heterocycles. The minimum atomic E-state index is -0.704. The van der Waals surface area contributed by atoms with Gasteiger partial charge in [0.25, 0.3) is 17.4 Å². The number of aromatic nitrogens is 2. The van der Waals surface area contributed by atoms with Crippen LogP contribution in [0.1, 0.15) is 50.1 Å². The first kappa shape index (κ1) is 22.2. The number of hydrogen-bond donors (Lipinski definition) is 2. The van der Waals surface area contributed by atoms with Gasteiger partial charge in [0.1, 0.15) is 29.6 Å². The van der Waals surface area contributed by atoms with Crippen molar-refractivity contribution in [3.63, 3.8) is 0 Å². The average Bonchev–Trinajstić information content (AvgIpc) is 3.28. The summed E-state index contributed by atoms with van der Waals surface area (Å²) >= 11 is 1.35. The number of fused-ring (bicyclic) bond motifs is 1. The zero-order valence-electron chi connectivity index (χ0n) is 17.5. The van der Waals surface area contributed by atoms with Crippen molar-refractivity contribution >= 4 is 40.2 Å². The molecule has 31 heavy (non-hydrogen) atoms. The van der Waals surface area contributed by atoms with Gasteiger partial charge in [-0.2, -0.15) is 0 Å². The Balaban J connectivity index is 1.75. The minimum absolute atomic E-state index is 0.0165. The highest BCUT2D eigenvalue weighted by Crippen LogP contribution is 2.22. The maximum Gasteiger partial charge on any atom is 0.342 e. The second-order valence-electron chi connectivity index (χ2n) is 6.68. The van der Waals surface area contributed by atoms with Crippen molar-refractivity contribution in [3.05, 3.63) is 49.4 Å². The second kappa shape index (κ2) is 9.13. The Morgan fingerprint density at radius 2 is 1.97 bits per heavy atom. The van der Waals surface area contributed by atoms with E-state index in [2.05, 4.69) is 15.8 Å². The van der Waals surface area contributed by atoms with Crippen LogP contribution in [0.15, 0.2) is 21.6 Å². The van der Waals surface area contributed by atoms with Gasteiger partial charge in [-0.25, -0.2) is 9.78 Å². The van der Waals surface area contributed by atoms with Crippen LogP contribution in [0, 0.1) is 13.8 Å². The van der Waals surface area contributed by atoms with Gasteiger partial charge in [0, 0.05) is 4.88 Å². The van der Waals surface area contributed by atoms with Crippen LogP contribution < -0.4 is 16.4 Å². The fraction of sp³-hybridized carbons (Fsp3) is 0.350. The number of esters is 1. The van der Waals surface area contributed by atoms with Crippen molar-refractivity contribution in [2.75, 3.05) is 6.61 Å². The lowest BCUT2D eigenvalue weighted by Gasteiger charge is -2.08. The summed E-state index contributed by atoms with van der Waals surface area (Å²) in [5.74, 6) is -1.59. The number of amides is 2. The van der Waals surface area contributed by atoms with E-state index in [1.165, 1.54) is 18.3 Å². The molecular weight excluding hydrogens is 424 g/mol.